The SMILES string of the molecule is COc1cc([C@@H]2N[C@@H](C(=O)O)CS2)cc(Cl)c1OCc1ccc(Cl)cc1. The molecular formula is C18H17Cl2NO4S. The Morgan fingerprint density at radius 3 is 2.65 bits per heavy atom. The number of halogens is 2. The summed E-state index contributed by atoms with van der Waals surface area (Å²) in [5.74, 6) is 0.587. The van der Waals surface area contributed by atoms with Crippen LogP contribution in [0.4, 0.5) is 0 Å². The first-order valence-corrected chi connectivity index (χ1v) is 9.63. The van der Waals surface area contributed by atoms with E-state index in [-0.39, 0.29) is 5.37 Å². The molecule has 2 N–H and O–H groups in total. The zero-order chi connectivity index (χ0) is 18.7. The van der Waals surface area contributed by atoms with Crippen molar-refractivity contribution in [3.63, 3.8) is 0 Å². The molecule has 8 heteroatoms. The molecule has 1 aliphatic heterocycles. The van der Waals surface area contributed by atoms with E-state index >= 15 is 0 Å². The minimum atomic E-state index is -0.860. The van der Waals surface area contributed by atoms with Crippen LogP contribution in [0.3, 0.4) is 0 Å². The molecule has 0 bridgehead atoms. The molecule has 0 aromatic heterocycles. The van der Waals surface area contributed by atoms with Crippen molar-refractivity contribution in [1.29, 1.82) is 0 Å². The number of nitrogens with one attached hydrogen (secondary N) is 1. The third-order valence-corrected chi connectivity index (χ3v) is 5.73. The van der Waals surface area contributed by atoms with Crippen LogP contribution < -0.4 is 14.8 Å². The second-order valence-corrected chi connectivity index (χ2v) is 7.70. The summed E-state index contributed by atoms with van der Waals surface area (Å²) in [7, 11) is 1.54. The Morgan fingerprint density at radius 1 is 1.31 bits per heavy atom. The summed E-state index contributed by atoms with van der Waals surface area (Å²) < 4.78 is 11.3. The summed E-state index contributed by atoms with van der Waals surface area (Å²) in [6, 6.07) is 10.4. The first kappa shape index (κ1) is 19.2. The molecule has 0 saturated carbocycles. The summed E-state index contributed by atoms with van der Waals surface area (Å²) >= 11 is 13.8. The summed E-state index contributed by atoms with van der Waals surface area (Å²) in [6.07, 6.45) is 0. The lowest BCUT2D eigenvalue weighted by atomic mass is 10.1. The van der Waals surface area contributed by atoms with E-state index in [2.05, 4.69) is 5.32 Å². The fraction of sp³-hybridized carbons (Fsp3) is 0.278. The van der Waals surface area contributed by atoms with Gasteiger partial charge in [-0.3, -0.25) is 10.1 Å². The van der Waals surface area contributed by atoms with E-state index in [0.29, 0.717) is 33.9 Å². The molecule has 5 nitrogen and oxygen atoms in total. The number of methoxy groups -OCH3 is 1. The Morgan fingerprint density at radius 2 is 2.04 bits per heavy atom. The van der Waals surface area contributed by atoms with E-state index in [1.54, 1.807) is 25.3 Å². The third-order valence-electron chi connectivity index (χ3n) is 3.93. The highest BCUT2D eigenvalue weighted by Gasteiger charge is 2.31. The van der Waals surface area contributed by atoms with Crippen LogP contribution in [-0.2, 0) is 11.4 Å². The van der Waals surface area contributed by atoms with E-state index < -0.39 is 12.0 Å². The number of hydrogen-bond acceptors (Lipinski definition) is 5. The van der Waals surface area contributed by atoms with Gasteiger partial charge in [0.15, 0.2) is 11.5 Å². The molecule has 1 fully saturated rings. The molecule has 1 aliphatic rings. The van der Waals surface area contributed by atoms with Gasteiger partial charge >= 0.3 is 5.97 Å². The molecule has 1 heterocycles. The first-order chi connectivity index (χ1) is 12.5. The lowest BCUT2D eigenvalue weighted by molar-refractivity contribution is -0.138. The van der Waals surface area contributed by atoms with Crippen molar-refractivity contribution in [3.8, 4) is 11.5 Å². The molecule has 0 unspecified atom stereocenters. The van der Waals surface area contributed by atoms with Gasteiger partial charge < -0.3 is 14.6 Å². The van der Waals surface area contributed by atoms with Crippen molar-refractivity contribution in [2.45, 2.75) is 18.0 Å². The van der Waals surface area contributed by atoms with Crippen LogP contribution in [0.5, 0.6) is 11.5 Å². The summed E-state index contributed by atoms with van der Waals surface area (Å²) in [4.78, 5) is 11.1. The maximum Gasteiger partial charge on any atom is 0.321 e. The smallest absolute Gasteiger partial charge is 0.321 e. The molecule has 0 spiro atoms. The molecule has 2 aromatic rings. The zero-order valence-electron chi connectivity index (χ0n) is 13.9. The molecule has 0 radical (unpaired) electrons. The van der Waals surface area contributed by atoms with Crippen LogP contribution in [-0.4, -0.2) is 30.0 Å². The van der Waals surface area contributed by atoms with E-state index in [4.69, 9.17) is 37.8 Å². The highest BCUT2D eigenvalue weighted by atomic mass is 35.5. The maximum atomic E-state index is 11.1. The third kappa shape index (κ3) is 4.38. The van der Waals surface area contributed by atoms with Gasteiger partial charge in [-0.25, -0.2) is 0 Å². The van der Waals surface area contributed by atoms with Crippen LogP contribution in [0.1, 0.15) is 16.5 Å². The topological polar surface area (TPSA) is 67.8 Å². The van der Waals surface area contributed by atoms with Crippen LogP contribution in [0.2, 0.25) is 10.0 Å². The van der Waals surface area contributed by atoms with Gasteiger partial charge in [0, 0.05) is 10.8 Å². The second kappa shape index (κ2) is 8.39. The minimum Gasteiger partial charge on any atom is -0.493 e. The summed E-state index contributed by atoms with van der Waals surface area (Å²) in [5, 5.41) is 13.1. The molecular weight excluding hydrogens is 397 g/mol. The maximum absolute atomic E-state index is 11.1. The monoisotopic (exact) mass is 413 g/mol. The number of carbonyl (C=O) groups is 1. The van der Waals surface area contributed by atoms with Crippen LogP contribution in [0.15, 0.2) is 36.4 Å². The van der Waals surface area contributed by atoms with Crippen LogP contribution in [0.25, 0.3) is 0 Å². The zero-order valence-corrected chi connectivity index (χ0v) is 16.2. The lowest BCUT2D eigenvalue weighted by Crippen LogP contribution is -2.33. The number of benzene rings is 2. The number of hydrogen-bond donors (Lipinski definition) is 2. The van der Waals surface area contributed by atoms with Crippen molar-refractivity contribution >= 4 is 40.9 Å². The number of rotatable bonds is 6. The molecule has 2 atom stereocenters. The average Bonchev–Trinajstić information content (AvgIpc) is 3.12. The predicted octanol–water partition coefficient (Wildman–Crippen LogP) is 4.37. The van der Waals surface area contributed by atoms with Gasteiger partial charge in [0.25, 0.3) is 0 Å². The quantitative estimate of drug-likeness (QED) is 0.732. The van der Waals surface area contributed by atoms with E-state index in [0.717, 1.165) is 11.1 Å². The summed E-state index contributed by atoms with van der Waals surface area (Å²) in [5.41, 5.74) is 1.80. The Balaban J connectivity index is 1.77. The molecule has 138 valence electrons. The number of aliphatic carboxylic acids is 1. The molecule has 3 rings (SSSR count). The second-order valence-electron chi connectivity index (χ2n) is 5.72. The van der Waals surface area contributed by atoms with Gasteiger partial charge in [0.2, 0.25) is 0 Å². The first-order valence-electron chi connectivity index (χ1n) is 7.83. The van der Waals surface area contributed by atoms with E-state index in [1.165, 1.54) is 11.8 Å². The number of thioether (sulfide) groups is 1. The number of carboxylic acid groups (broad SMARTS) is 1. The van der Waals surface area contributed by atoms with Crippen molar-refractivity contribution in [3.05, 3.63) is 57.6 Å². The van der Waals surface area contributed by atoms with Crippen molar-refractivity contribution in [2.24, 2.45) is 0 Å². The van der Waals surface area contributed by atoms with Crippen molar-refractivity contribution in [2.75, 3.05) is 12.9 Å². The normalized spacial score (nSPS) is 19.3. The summed E-state index contributed by atoms with van der Waals surface area (Å²) in [6.45, 7) is 0.324. The Bertz CT molecular complexity index is 801. The van der Waals surface area contributed by atoms with Crippen LogP contribution in [0, 0.1) is 0 Å². The van der Waals surface area contributed by atoms with Gasteiger partial charge in [0.05, 0.1) is 17.5 Å². The Hall–Kier alpha value is -1.60. The van der Waals surface area contributed by atoms with Crippen LogP contribution >= 0.6 is 35.0 Å². The predicted molar refractivity (Wildman–Crippen MR) is 104 cm³/mol. The lowest BCUT2D eigenvalue weighted by Gasteiger charge is -2.17. The van der Waals surface area contributed by atoms with Gasteiger partial charge in [-0.1, -0.05) is 35.3 Å². The van der Waals surface area contributed by atoms with Gasteiger partial charge in [-0.15, -0.1) is 11.8 Å². The minimum absolute atomic E-state index is 0.159. The molecule has 26 heavy (non-hydrogen) atoms. The highest BCUT2D eigenvalue weighted by molar-refractivity contribution is 7.99. The fourth-order valence-electron chi connectivity index (χ4n) is 2.57. The van der Waals surface area contributed by atoms with E-state index in [1.807, 2.05) is 18.2 Å². The Kier molecular flexibility index (Phi) is 6.19. The standard InChI is InChI=1S/C18H17Cl2NO4S/c1-24-15-7-11(17-21-14(9-26-17)18(22)23)6-13(20)16(15)25-8-10-2-4-12(19)5-3-10/h2-7,14,17,21H,8-9H2,1H3,(H,22,23)/t14-,17-/m1/s1. The van der Waals surface area contributed by atoms with Crippen molar-refractivity contribution < 1.29 is 19.4 Å². The molecule has 0 amide bonds. The fourth-order valence-corrected chi connectivity index (χ4v) is 4.19. The molecule has 1 saturated heterocycles. The molecule has 2 aromatic carbocycles. The van der Waals surface area contributed by atoms with Gasteiger partial charge in [-0.2, -0.15) is 0 Å². The van der Waals surface area contributed by atoms with E-state index in [9.17, 15) is 4.79 Å². The highest BCUT2D eigenvalue weighted by Crippen LogP contribution is 2.42. The Labute approximate surface area is 165 Å². The van der Waals surface area contributed by atoms with Gasteiger partial charge in [-0.05, 0) is 35.4 Å². The largest absolute Gasteiger partial charge is 0.493 e. The number of ether oxygens (including phenoxy) is 2. The number of carboxylic acids is 1. The van der Waals surface area contributed by atoms with Gasteiger partial charge in [0.1, 0.15) is 12.6 Å². The average molecular weight is 414 g/mol. The molecule has 0 aliphatic carbocycles. The van der Waals surface area contributed by atoms with Crippen molar-refractivity contribution in [1.82, 2.24) is 5.32 Å².